The van der Waals surface area contributed by atoms with Gasteiger partial charge in [0.25, 0.3) is 0 Å². The number of nitrogens with two attached hydrogens (primary N) is 1. The summed E-state index contributed by atoms with van der Waals surface area (Å²) in [5.41, 5.74) is 5.35. The highest BCUT2D eigenvalue weighted by atomic mass is 32.2. The molecule has 0 aromatic heterocycles. The van der Waals surface area contributed by atoms with Gasteiger partial charge in [-0.05, 0) is 37.0 Å². The molecule has 1 aliphatic rings. The minimum Gasteiger partial charge on any atom is -0.396 e. The highest BCUT2D eigenvalue weighted by Crippen LogP contribution is 2.31. The SMILES string of the molecule is CC1CCCCC1N(C)S(=O)(=O)c1ccc(N)c(F)c1. The highest BCUT2D eigenvalue weighted by molar-refractivity contribution is 7.89. The predicted molar refractivity (Wildman–Crippen MR) is 77.2 cm³/mol. The van der Waals surface area contributed by atoms with E-state index in [0.29, 0.717) is 5.92 Å². The van der Waals surface area contributed by atoms with Crippen LogP contribution in [0.25, 0.3) is 0 Å². The van der Waals surface area contributed by atoms with Crippen molar-refractivity contribution in [3.63, 3.8) is 0 Å². The third-order valence-electron chi connectivity index (χ3n) is 4.18. The zero-order valence-corrected chi connectivity index (χ0v) is 12.7. The molecular weight excluding hydrogens is 279 g/mol. The lowest BCUT2D eigenvalue weighted by molar-refractivity contribution is 0.213. The first-order chi connectivity index (χ1) is 9.34. The van der Waals surface area contributed by atoms with Gasteiger partial charge in [-0.2, -0.15) is 4.31 Å². The lowest BCUT2D eigenvalue weighted by atomic mass is 9.86. The average molecular weight is 300 g/mol. The van der Waals surface area contributed by atoms with Gasteiger partial charge in [-0.25, -0.2) is 12.8 Å². The minimum atomic E-state index is -3.67. The molecule has 0 bridgehead atoms. The molecule has 1 saturated carbocycles. The quantitative estimate of drug-likeness (QED) is 0.873. The topological polar surface area (TPSA) is 63.4 Å². The van der Waals surface area contributed by atoms with Crippen molar-refractivity contribution in [1.82, 2.24) is 4.31 Å². The van der Waals surface area contributed by atoms with Gasteiger partial charge in [-0.15, -0.1) is 0 Å². The molecule has 2 atom stereocenters. The summed E-state index contributed by atoms with van der Waals surface area (Å²) < 4.78 is 40.0. The fraction of sp³-hybridized carbons (Fsp3) is 0.571. The number of sulfonamides is 1. The zero-order chi connectivity index (χ0) is 14.9. The summed E-state index contributed by atoms with van der Waals surface area (Å²) in [6.07, 6.45) is 4.06. The summed E-state index contributed by atoms with van der Waals surface area (Å²) in [6, 6.07) is 3.63. The fourth-order valence-corrected chi connectivity index (χ4v) is 4.34. The second-order valence-electron chi connectivity index (χ2n) is 5.53. The Kier molecular flexibility index (Phi) is 4.34. The molecule has 1 aromatic carbocycles. The molecule has 0 heterocycles. The van der Waals surface area contributed by atoms with Crippen molar-refractivity contribution in [1.29, 1.82) is 0 Å². The Labute approximate surface area is 119 Å². The minimum absolute atomic E-state index is 0.0191. The molecular formula is C14H21FN2O2S. The summed E-state index contributed by atoms with van der Waals surface area (Å²) >= 11 is 0. The Bertz CT molecular complexity index is 589. The number of nitrogens with zero attached hydrogens (tertiary/aromatic N) is 1. The van der Waals surface area contributed by atoms with Gasteiger partial charge in [0.15, 0.2) is 0 Å². The van der Waals surface area contributed by atoms with Gasteiger partial charge in [0.05, 0.1) is 10.6 Å². The molecule has 0 spiro atoms. The van der Waals surface area contributed by atoms with Crippen LogP contribution in [0.5, 0.6) is 0 Å². The van der Waals surface area contributed by atoms with Crippen LogP contribution in [0.1, 0.15) is 32.6 Å². The van der Waals surface area contributed by atoms with Crippen LogP contribution in [-0.2, 0) is 10.0 Å². The second-order valence-corrected chi connectivity index (χ2v) is 7.53. The van der Waals surface area contributed by atoms with Crippen LogP contribution in [0.3, 0.4) is 0 Å². The standard InChI is InChI=1S/C14H21FN2O2S/c1-10-5-3-4-6-14(10)17(2)20(18,19)11-7-8-13(16)12(15)9-11/h7-10,14H,3-6,16H2,1-2H3. The van der Waals surface area contributed by atoms with Gasteiger partial charge in [-0.1, -0.05) is 19.8 Å². The van der Waals surface area contributed by atoms with Gasteiger partial charge in [0.1, 0.15) is 5.82 Å². The first-order valence-corrected chi connectivity index (χ1v) is 8.31. The smallest absolute Gasteiger partial charge is 0.243 e. The van der Waals surface area contributed by atoms with E-state index in [4.69, 9.17) is 5.73 Å². The van der Waals surface area contributed by atoms with Crippen LogP contribution in [0, 0.1) is 11.7 Å². The van der Waals surface area contributed by atoms with Crippen molar-refractivity contribution < 1.29 is 12.8 Å². The molecule has 1 aromatic rings. The van der Waals surface area contributed by atoms with E-state index in [1.54, 1.807) is 7.05 Å². The van der Waals surface area contributed by atoms with Gasteiger partial charge in [-0.3, -0.25) is 0 Å². The van der Waals surface area contributed by atoms with Crippen LogP contribution in [0.4, 0.5) is 10.1 Å². The molecule has 0 aliphatic heterocycles. The summed E-state index contributed by atoms with van der Waals surface area (Å²) in [6.45, 7) is 2.07. The van der Waals surface area contributed by atoms with Crippen LogP contribution in [0.2, 0.25) is 0 Å². The second kappa shape index (κ2) is 5.69. The fourth-order valence-electron chi connectivity index (χ4n) is 2.85. The first kappa shape index (κ1) is 15.3. The molecule has 1 aliphatic carbocycles. The van der Waals surface area contributed by atoms with E-state index in [1.807, 2.05) is 0 Å². The monoisotopic (exact) mass is 300 g/mol. The number of nitrogen functional groups attached to an aromatic ring is 1. The van der Waals surface area contributed by atoms with Crippen LogP contribution >= 0.6 is 0 Å². The number of hydrogen-bond donors (Lipinski definition) is 1. The van der Waals surface area contributed by atoms with Gasteiger partial charge >= 0.3 is 0 Å². The van der Waals surface area contributed by atoms with Crippen molar-refractivity contribution in [3.8, 4) is 0 Å². The molecule has 2 unspecified atom stereocenters. The van der Waals surface area contributed by atoms with Crippen molar-refractivity contribution in [2.75, 3.05) is 12.8 Å². The molecule has 20 heavy (non-hydrogen) atoms. The van der Waals surface area contributed by atoms with Gasteiger partial charge in [0.2, 0.25) is 10.0 Å². The van der Waals surface area contributed by atoms with Crippen LogP contribution in [0.15, 0.2) is 23.1 Å². The molecule has 1 fully saturated rings. The molecule has 0 saturated heterocycles. The molecule has 6 heteroatoms. The highest BCUT2D eigenvalue weighted by Gasteiger charge is 2.33. The number of rotatable bonds is 3. The van der Waals surface area contributed by atoms with Crippen molar-refractivity contribution in [2.45, 2.75) is 43.5 Å². The maximum absolute atomic E-state index is 13.5. The zero-order valence-electron chi connectivity index (χ0n) is 11.8. The maximum Gasteiger partial charge on any atom is 0.243 e. The molecule has 0 radical (unpaired) electrons. The average Bonchev–Trinajstić information content (AvgIpc) is 2.41. The lowest BCUT2D eigenvalue weighted by Gasteiger charge is -2.35. The van der Waals surface area contributed by atoms with Crippen molar-refractivity contribution in [2.24, 2.45) is 5.92 Å². The Morgan fingerprint density at radius 3 is 2.55 bits per heavy atom. The Hall–Kier alpha value is -1.14. The number of halogens is 1. The van der Waals surface area contributed by atoms with Gasteiger partial charge < -0.3 is 5.73 Å². The predicted octanol–water partition coefficient (Wildman–Crippen LogP) is 2.61. The summed E-state index contributed by atoms with van der Waals surface area (Å²) in [4.78, 5) is -0.0375. The Morgan fingerprint density at radius 2 is 1.95 bits per heavy atom. The van der Waals surface area contributed by atoms with E-state index in [2.05, 4.69) is 6.92 Å². The Morgan fingerprint density at radius 1 is 1.30 bits per heavy atom. The third-order valence-corrected chi connectivity index (χ3v) is 6.06. The summed E-state index contributed by atoms with van der Waals surface area (Å²) in [7, 11) is -2.09. The normalized spacial score (nSPS) is 24.0. The van der Waals surface area contributed by atoms with Crippen LogP contribution < -0.4 is 5.73 Å². The molecule has 4 nitrogen and oxygen atoms in total. The molecule has 2 rings (SSSR count). The lowest BCUT2D eigenvalue weighted by Crippen LogP contribution is -2.42. The molecule has 2 N–H and O–H groups in total. The van der Waals surface area contributed by atoms with E-state index >= 15 is 0 Å². The van der Waals surface area contributed by atoms with Crippen LogP contribution in [-0.4, -0.2) is 25.8 Å². The van der Waals surface area contributed by atoms with E-state index in [0.717, 1.165) is 31.7 Å². The van der Waals surface area contributed by atoms with Crippen molar-refractivity contribution >= 4 is 15.7 Å². The van der Waals surface area contributed by atoms with Gasteiger partial charge in [0, 0.05) is 13.1 Å². The summed E-state index contributed by atoms with van der Waals surface area (Å²) in [5.74, 6) is -0.377. The number of anilines is 1. The van der Waals surface area contributed by atoms with Crippen molar-refractivity contribution in [3.05, 3.63) is 24.0 Å². The van der Waals surface area contributed by atoms with E-state index in [9.17, 15) is 12.8 Å². The number of hydrogen-bond acceptors (Lipinski definition) is 3. The number of benzene rings is 1. The molecule has 112 valence electrons. The first-order valence-electron chi connectivity index (χ1n) is 6.87. The summed E-state index contributed by atoms with van der Waals surface area (Å²) in [5, 5.41) is 0. The van der Waals surface area contributed by atoms with E-state index < -0.39 is 15.8 Å². The largest absolute Gasteiger partial charge is 0.396 e. The Balaban J connectivity index is 2.31. The third kappa shape index (κ3) is 2.81. The van der Waals surface area contributed by atoms with E-state index in [1.165, 1.54) is 16.4 Å². The maximum atomic E-state index is 13.5. The molecule has 0 amide bonds. The van der Waals surface area contributed by atoms with E-state index in [-0.39, 0.29) is 16.6 Å².